The summed E-state index contributed by atoms with van der Waals surface area (Å²) in [6.45, 7) is 6.21. The van der Waals surface area contributed by atoms with E-state index >= 15 is 0 Å². The normalized spacial score (nSPS) is 10.8. The average molecular weight is 215 g/mol. The summed E-state index contributed by atoms with van der Waals surface area (Å²) in [5.74, 6) is 0. The van der Waals surface area contributed by atoms with Gasteiger partial charge in [0.25, 0.3) is 0 Å². The van der Waals surface area contributed by atoms with Crippen LogP contribution in [0.15, 0.2) is 18.2 Å². The molecule has 0 atom stereocenters. The van der Waals surface area contributed by atoms with E-state index in [-0.39, 0.29) is 0 Å². The van der Waals surface area contributed by atoms with Crippen LogP contribution in [0.3, 0.4) is 0 Å². The van der Waals surface area contributed by atoms with Gasteiger partial charge in [0, 0.05) is 24.0 Å². The second-order valence-corrected chi connectivity index (χ2v) is 4.24. The fourth-order valence-electron chi connectivity index (χ4n) is 2.07. The largest absolute Gasteiger partial charge is 0.399 e. The molecule has 0 saturated heterocycles. The van der Waals surface area contributed by atoms with Crippen molar-refractivity contribution in [3.63, 3.8) is 0 Å². The molecule has 16 heavy (non-hydrogen) atoms. The molecule has 0 spiro atoms. The number of nitrogens with two attached hydrogens (primary N) is 1. The van der Waals surface area contributed by atoms with Gasteiger partial charge >= 0.3 is 0 Å². The second-order valence-electron chi connectivity index (χ2n) is 4.24. The first kappa shape index (κ1) is 10.7. The third-order valence-electron chi connectivity index (χ3n) is 3.04. The number of hydrogen-bond acceptors (Lipinski definition) is 2. The monoisotopic (exact) mass is 215 g/mol. The van der Waals surface area contributed by atoms with Crippen molar-refractivity contribution in [1.82, 2.24) is 9.78 Å². The zero-order valence-corrected chi connectivity index (χ0v) is 10.2. The summed E-state index contributed by atoms with van der Waals surface area (Å²) >= 11 is 0. The molecule has 2 N–H and O–H groups in total. The Morgan fingerprint density at radius 2 is 1.88 bits per heavy atom. The van der Waals surface area contributed by atoms with Gasteiger partial charge in [0.15, 0.2) is 0 Å². The van der Waals surface area contributed by atoms with Crippen LogP contribution in [0.1, 0.15) is 17.0 Å². The van der Waals surface area contributed by atoms with E-state index in [4.69, 9.17) is 5.73 Å². The number of nitrogens with zero attached hydrogens (tertiary/aromatic N) is 2. The minimum absolute atomic E-state index is 0.795. The maximum absolute atomic E-state index is 5.84. The quantitative estimate of drug-likeness (QED) is 0.743. The Balaban J connectivity index is 2.71. The predicted octanol–water partition coefficient (Wildman–Crippen LogP) is 2.59. The van der Waals surface area contributed by atoms with Gasteiger partial charge in [-0.3, -0.25) is 4.68 Å². The minimum atomic E-state index is 0.795. The fraction of sp³-hybridized carbons (Fsp3) is 0.308. The summed E-state index contributed by atoms with van der Waals surface area (Å²) in [5.41, 5.74) is 12.5. The average Bonchev–Trinajstić information content (AvgIpc) is 2.46. The van der Waals surface area contributed by atoms with Gasteiger partial charge in [0.05, 0.1) is 5.69 Å². The number of rotatable bonds is 1. The molecule has 1 aromatic heterocycles. The number of hydrogen-bond donors (Lipinski definition) is 1. The molecule has 1 aromatic carbocycles. The molecule has 0 aliphatic carbocycles. The van der Waals surface area contributed by atoms with Crippen LogP contribution in [0, 0.1) is 20.8 Å². The van der Waals surface area contributed by atoms with Crippen molar-refractivity contribution in [2.45, 2.75) is 20.8 Å². The Hall–Kier alpha value is -1.77. The Kier molecular flexibility index (Phi) is 2.46. The Labute approximate surface area is 95.9 Å². The first-order chi connectivity index (χ1) is 7.50. The van der Waals surface area contributed by atoms with Crippen molar-refractivity contribution in [2.75, 3.05) is 5.73 Å². The Morgan fingerprint density at radius 1 is 1.19 bits per heavy atom. The Morgan fingerprint density at radius 3 is 2.44 bits per heavy atom. The highest BCUT2D eigenvalue weighted by molar-refractivity contribution is 5.74. The molecular formula is C13H17N3. The van der Waals surface area contributed by atoms with E-state index in [0.717, 1.165) is 11.4 Å². The molecule has 1 heterocycles. The van der Waals surface area contributed by atoms with E-state index in [1.165, 1.54) is 22.4 Å². The van der Waals surface area contributed by atoms with Crippen molar-refractivity contribution in [3.8, 4) is 11.1 Å². The zero-order valence-electron chi connectivity index (χ0n) is 10.2. The standard InChI is InChI=1S/C13H17N3/c1-8-5-6-11(14)7-12(8)13-9(2)15-16(4)10(13)3/h5-7H,14H2,1-4H3. The molecule has 2 rings (SSSR count). The molecule has 0 radical (unpaired) electrons. The van der Waals surface area contributed by atoms with Crippen molar-refractivity contribution in [3.05, 3.63) is 35.2 Å². The van der Waals surface area contributed by atoms with Crippen molar-refractivity contribution >= 4 is 5.69 Å². The number of benzene rings is 1. The maximum Gasteiger partial charge on any atom is 0.0674 e. The number of anilines is 1. The zero-order chi connectivity index (χ0) is 11.9. The first-order valence-electron chi connectivity index (χ1n) is 5.37. The summed E-state index contributed by atoms with van der Waals surface area (Å²) in [6.07, 6.45) is 0. The molecule has 0 fully saturated rings. The lowest BCUT2D eigenvalue weighted by Gasteiger charge is -2.07. The third kappa shape index (κ3) is 1.58. The number of aryl methyl sites for hydroxylation is 3. The van der Waals surface area contributed by atoms with Gasteiger partial charge in [-0.2, -0.15) is 5.10 Å². The summed E-state index contributed by atoms with van der Waals surface area (Å²) in [4.78, 5) is 0. The molecule has 0 amide bonds. The van der Waals surface area contributed by atoms with Crippen LogP contribution in [-0.2, 0) is 7.05 Å². The van der Waals surface area contributed by atoms with Crippen LogP contribution in [-0.4, -0.2) is 9.78 Å². The molecule has 0 bridgehead atoms. The van der Waals surface area contributed by atoms with E-state index in [1.54, 1.807) is 0 Å². The van der Waals surface area contributed by atoms with Crippen LogP contribution in [0.25, 0.3) is 11.1 Å². The van der Waals surface area contributed by atoms with Gasteiger partial charge < -0.3 is 5.73 Å². The van der Waals surface area contributed by atoms with Crippen molar-refractivity contribution in [2.24, 2.45) is 7.05 Å². The number of aromatic nitrogens is 2. The van der Waals surface area contributed by atoms with E-state index in [9.17, 15) is 0 Å². The third-order valence-corrected chi connectivity index (χ3v) is 3.04. The van der Waals surface area contributed by atoms with Crippen LogP contribution < -0.4 is 5.73 Å². The fourth-order valence-corrected chi connectivity index (χ4v) is 2.07. The van der Waals surface area contributed by atoms with Crippen molar-refractivity contribution < 1.29 is 0 Å². The topological polar surface area (TPSA) is 43.8 Å². The maximum atomic E-state index is 5.84. The van der Waals surface area contributed by atoms with E-state index in [0.29, 0.717) is 0 Å². The molecule has 3 heteroatoms. The molecule has 2 aromatic rings. The lowest BCUT2D eigenvalue weighted by Crippen LogP contribution is -1.94. The van der Waals surface area contributed by atoms with Gasteiger partial charge in [0.1, 0.15) is 0 Å². The molecule has 0 aliphatic heterocycles. The van der Waals surface area contributed by atoms with Gasteiger partial charge in [-0.25, -0.2) is 0 Å². The lowest BCUT2D eigenvalue weighted by atomic mass is 9.98. The summed E-state index contributed by atoms with van der Waals surface area (Å²) < 4.78 is 1.91. The van der Waals surface area contributed by atoms with Gasteiger partial charge in [0.2, 0.25) is 0 Å². The van der Waals surface area contributed by atoms with Gasteiger partial charge in [-0.15, -0.1) is 0 Å². The van der Waals surface area contributed by atoms with Gasteiger partial charge in [-0.1, -0.05) is 6.07 Å². The Bertz CT molecular complexity index is 538. The molecule has 0 unspecified atom stereocenters. The molecule has 0 aliphatic rings. The minimum Gasteiger partial charge on any atom is -0.399 e. The summed E-state index contributed by atoms with van der Waals surface area (Å²) in [5, 5.41) is 4.43. The van der Waals surface area contributed by atoms with Gasteiger partial charge in [-0.05, 0) is 44.0 Å². The van der Waals surface area contributed by atoms with Crippen LogP contribution >= 0.6 is 0 Å². The predicted molar refractivity (Wildman–Crippen MR) is 67.3 cm³/mol. The highest BCUT2D eigenvalue weighted by Gasteiger charge is 2.13. The summed E-state index contributed by atoms with van der Waals surface area (Å²) in [7, 11) is 1.97. The molecule has 84 valence electrons. The van der Waals surface area contributed by atoms with Crippen molar-refractivity contribution in [1.29, 1.82) is 0 Å². The molecular weight excluding hydrogens is 198 g/mol. The first-order valence-corrected chi connectivity index (χ1v) is 5.37. The molecule has 3 nitrogen and oxygen atoms in total. The second kappa shape index (κ2) is 3.67. The van der Waals surface area contributed by atoms with Crippen LogP contribution in [0.2, 0.25) is 0 Å². The number of nitrogen functional groups attached to an aromatic ring is 1. The van der Waals surface area contributed by atoms with Crippen LogP contribution in [0.5, 0.6) is 0 Å². The van der Waals surface area contributed by atoms with E-state index < -0.39 is 0 Å². The summed E-state index contributed by atoms with van der Waals surface area (Å²) in [6, 6.07) is 6.00. The van der Waals surface area contributed by atoms with Crippen LogP contribution in [0.4, 0.5) is 5.69 Å². The smallest absolute Gasteiger partial charge is 0.0674 e. The van der Waals surface area contributed by atoms with E-state index in [2.05, 4.69) is 25.0 Å². The SMILES string of the molecule is Cc1ccc(N)cc1-c1c(C)nn(C)c1C. The highest BCUT2D eigenvalue weighted by Crippen LogP contribution is 2.30. The molecule has 0 saturated carbocycles. The highest BCUT2D eigenvalue weighted by atomic mass is 15.3. The lowest BCUT2D eigenvalue weighted by molar-refractivity contribution is 0.731. The van der Waals surface area contributed by atoms with E-state index in [1.807, 2.05) is 30.8 Å².